The number of benzene rings is 2. The number of carbonyl (C=O) groups excluding carboxylic acids is 1. The van der Waals surface area contributed by atoms with Crippen LogP contribution < -0.4 is 19.7 Å². The molecule has 2 fully saturated rings. The number of amides is 2. The van der Waals surface area contributed by atoms with Crippen LogP contribution in [0.5, 0.6) is 11.5 Å². The van der Waals surface area contributed by atoms with Gasteiger partial charge in [0.15, 0.2) is 21.3 Å². The van der Waals surface area contributed by atoms with Crippen molar-refractivity contribution < 1.29 is 22.7 Å². The fourth-order valence-electron chi connectivity index (χ4n) is 5.12. The molecule has 0 bridgehead atoms. The van der Waals surface area contributed by atoms with Gasteiger partial charge in [0.25, 0.3) is 0 Å². The molecule has 186 valence electrons. The smallest absolute Gasteiger partial charge is 0.337 e. The number of methoxy groups -OCH3 is 2. The van der Waals surface area contributed by atoms with Gasteiger partial charge in [-0.3, -0.25) is 0 Å². The minimum absolute atomic E-state index is 0.176. The van der Waals surface area contributed by atoms with Crippen LogP contribution in [0.25, 0.3) is 0 Å². The van der Waals surface area contributed by atoms with E-state index in [1.54, 1.807) is 21.3 Å². The SMILES string of the molecule is CNC(=O)N1N=C(c2ccc(N3CC4(CCS4(=O)=O)C3)cc2)c2cc(OC)c(OC)cc2CC1C. The summed E-state index contributed by atoms with van der Waals surface area (Å²) in [4.78, 5) is 14.7. The molecule has 1 unspecified atom stereocenters. The largest absolute Gasteiger partial charge is 0.493 e. The highest BCUT2D eigenvalue weighted by Gasteiger charge is 2.59. The standard InChI is InChI=1S/C25H30N4O5S/c1-16-11-18-12-21(33-3)22(34-4)13-20(18)23(27-29(16)24(30)26-2)17-5-7-19(8-6-17)28-14-25(15-28)9-10-35(25,31)32/h5-8,12-13,16H,9-11,14-15H2,1-4H3,(H,26,30). The zero-order chi connectivity index (χ0) is 25.0. The predicted molar refractivity (Wildman–Crippen MR) is 134 cm³/mol. The van der Waals surface area contributed by atoms with Crippen LogP contribution in [-0.2, 0) is 16.3 Å². The zero-order valence-electron chi connectivity index (χ0n) is 20.4. The van der Waals surface area contributed by atoms with E-state index >= 15 is 0 Å². The lowest BCUT2D eigenvalue weighted by Crippen LogP contribution is -2.72. The molecule has 35 heavy (non-hydrogen) atoms. The highest BCUT2D eigenvalue weighted by molar-refractivity contribution is 7.94. The summed E-state index contributed by atoms with van der Waals surface area (Å²) in [7, 11) is 1.83. The van der Waals surface area contributed by atoms with Crippen molar-refractivity contribution in [2.45, 2.75) is 30.6 Å². The number of nitrogens with one attached hydrogen (secondary N) is 1. The molecule has 0 radical (unpaired) electrons. The Balaban J connectivity index is 1.52. The average molecular weight is 499 g/mol. The second-order valence-electron chi connectivity index (χ2n) is 9.42. The van der Waals surface area contributed by atoms with Gasteiger partial charge < -0.3 is 19.7 Å². The number of hydrazone groups is 1. The minimum Gasteiger partial charge on any atom is -0.493 e. The van der Waals surface area contributed by atoms with E-state index in [4.69, 9.17) is 14.6 Å². The highest BCUT2D eigenvalue weighted by atomic mass is 32.2. The van der Waals surface area contributed by atoms with E-state index in [1.807, 2.05) is 43.3 Å². The van der Waals surface area contributed by atoms with Gasteiger partial charge in [0.1, 0.15) is 4.75 Å². The van der Waals surface area contributed by atoms with Gasteiger partial charge in [-0.25, -0.2) is 18.2 Å². The third-order valence-corrected chi connectivity index (χ3v) is 9.90. The van der Waals surface area contributed by atoms with Crippen molar-refractivity contribution in [1.82, 2.24) is 10.3 Å². The van der Waals surface area contributed by atoms with E-state index in [0.29, 0.717) is 42.5 Å². The Hall–Kier alpha value is -3.27. The summed E-state index contributed by atoms with van der Waals surface area (Å²) in [6, 6.07) is 11.3. The maximum Gasteiger partial charge on any atom is 0.337 e. The molecule has 0 aromatic heterocycles. The molecule has 2 aromatic carbocycles. The summed E-state index contributed by atoms with van der Waals surface area (Å²) < 4.78 is 34.8. The van der Waals surface area contributed by atoms with Crippen LogP contribution in [0.3, 0.4) is 0 Å². The number of hydrogen-bond donors (Lipinski definition) is 1. The predicted octanol–water partition coefficient (Wildman–Crippen LogP) is 2.42. The first-order valence-electron chi connectivity index (χ1n) is 11.6. The molecule has 0 aliphatic carbocycles. The summed E-state index contributed by atoms with van der Waals surface area (Å²) >= 11 is 0. The molecule has 1 spiro atoms. The average Bonchev–Trinajstić information content (AvgIpc) is 2.97. The third kappa shape index (κ3) is 3.71. The molecular weight excluding hydrogens is 468 g/mol. The van der Waals surface area contributed by atoms with E-state index in [1.165, 1.54) is 5.01 Å². The lowest BCUT2D eigenvalue weighted by molar-refractivity contribution is 0.184. The van der Waals surface area contributed by atoms with Crippen LogP contribution in [0.4, 0.5) is 10.5 Å². The summed E-state index contributed by atoms with van der Waals surface area (Å²) in [5.74, 6) is 1.51. The number of anilines is 1. The maximum absolute atomic E-state index is 12.6. The summed E-state index contributed by atoms with van der Waals surface area (Å²) in [5, 5.41) is 8.94. The van der Waals surface area contributed by atoms with Crippen LogP contribution in [-0.4, -0.2) is 76.1 Å². The van der Waals surface area contributed by atoms with Gasteiger partial charge in [-0.15, -0.1) is 0 Å². The van der Waals surface area contributed by atoms with E-state index in [9.17, 15) is 13.2 Å². The van der Waals surface area contributed by atoms with Crippen molar-refractivity contribution >= 4 is 27.3 Å². The molecule has 3 aliphatic heterocycles. The molecule has 2 amide bonds. The van der Waals surface area contributed by atoms with Crippen molar-refractivity contribution in [2.24, 2.45) is 5.10 Å². The van der Waals surface area contributed by atoms with Gasteiger partial charge in [-0.1, -0.05) is 12.1 Å². The van der Waals surface area contributed by atoms with Crippen LogP contribution in [0.15, 0.2) is 41.5 Å². The first-order chi connectivity index (χ1) is 16.7. The first kappa shape index (κ1) is 23.5. The Labute approximate surface area is 205 Å². The zero-order valence-corrected chi connectivity index (χ0v) is 21.2. The van der Waals surface area contributed by atoms with Gasteiger partial charge in [0.2, 0.25) is 0 Å². The van der Waals surface area contributed by atoms with Crippen LogP contribution >= 0.6 is 0 Å². The van der Waals surface area contributed by atoms with Crippen molar-refractivity contribution in [3.8, 4) is 11.5 Å². The van der Waals surface area contributed by atoms with Crippen molar-refractivity contribution in [3.63, 3.8) is 0 Å². The molecule has 1 N–H and O–H groups in total. The summed E-state index contributed by atoms with van der Waals surface area (Å²) in [5.41, 5.74) is 4.35. The molecule has 2 aromatic rings. The molecule has 9 nitrogen and oxygen atoms in total. The van der Waals surface area contributed by atoms with Crippen molar-refractivity contribution in [3.05, 3.63) is 53.1 Å². The van der Waals surface area contributed by atoms with Crippen LogP contribution in [0.1, 0.15) is 30.0 Å². The second kappa shape index (κ2) is 8.44. The summed E-state index contributed by atoms with van der Waals surface area (Å²) in [6.07, 6.45) is 1.34. The Morgan fingerprint density at radius 1 is 1.11 bits per heavy atom. The third-order valence-electron chi connectivity index (χ3n) is 7.38. The number of sulfone groups is 1. The summed E-state index contributed by atoms with van der Waals surface area (Å²) in [6.45, 7) is 3.04. The molecule has 0 saturated carbocycles. The normalized spacial score (nSPS) is 21.7. The molecule has 1 atom stereocenters. The molecule has 2 saturated heterocycles. The molecule has 3 heterocycles. The van der Waals surface area contributed by atoms with Crippen molar-refractivity contribution in [2.75, 3.05) is 45.0 Å². The van der Waals surface area contributed by atoms with Gasteiger partial charge in [-0.2, -0.15) is 5.10 Å². The van der Waals surface area contributed by atoms with Crippen LogP contribution in [0.2, 0.25) is 0 Å². The Morgan fingerprint density at radius 2 is 1.77 bits per heavy atom. The number of carbonyl (C=O) groups is 1. The molecular formula is C25H30N4O5S. The van der Waals surface area contributed by atoms with Gasteiger partial charge in [0, 0.05) is 37.0 Å². The highest BCUT2D eigenvalue weighted by Crippen LogP contribution is 2.44. The monoisotopic (exact) mass is 498 g/mol. The maximum atomic E-state index is 12.6. The molecule has 10 heteroatoms. The number of ether oxygens (including phenoxy) is 2. The number of fused-ring (bicyclic) bond motifs is 1. The molecule has 5 rings (SSSR count). The number of hydrogen-bond acceptors (Lipinski definition) is 7. The fourth-order valence-corrected chi connectivity index (χ4v) is 6.94. The molecule has 3 aliphatic rings. The van der Waals surface area contributed by atoms with Gasteiger partial charge in [-0.05, 0) is 49.6 Å². The Morgan fingerprint density at radius 3 is 2.31 bits per heavy atom. The fraction of sp³-hybridized carbons (Fsp3) is 0.440. The second-order valence-corrected chi connectivity index (χ2v) is 11.9. The number of urea groups is 1. The number of nitrogens with zero attached hydrogens (tertiary/aromatic N) is 3. The lowest BCUT2D eigenvalue weighted by atomic mass is 9.92. The van der Waals surface area contributed by atoms with E-state index < -0.39 is 14.6 Å². The first-order valence-corrected chi connectivity index (χ1v) is 13.3. The lowest BCUT2D eigenvalue weighted by Gasteiger charge is -2.55. The van der Waals surface area contributed by atoms with Crippen LogP contribution in [0, 0.1) is 0 Å². The quantitative estimate of drug-likeness (QED) is 0.695. The minimum atomic E-state index is -2.95. The van der Waals surface area contributed by atoms with Crippen molar-refractivity contribution in [1.29, 1.82) is 0 Å². The van der Waals surface area contributed by atoms with E-state index in [2.05, 4.69) is 10.2 Å². The van der Waals surface area contributed by atoms with E-state index in [-0.39, 0.29) is 12.1 Å². The van der Waals surface area contributed by atoms with Gasteiger partial charge in [0.05, 0.1) is 31.7 Å². The topological polar surface area (TPSA) is 101 Å². The Kier molecular flexibility index (Phi) is 5.66. The van der Waals surface area contributed by atoms with Gasteiger partial charge >= 0.3 is 6.03 Å². The van der Waals surface area contributed by atoms with E-state index in [0.717, 1.165) is 28.8 Å². The number of rotatable bonds is 4. The Bertz CT molecular complexity index is 1300.